The highest BCUT2D eigenvalue weighted by atomic mass is 35.5. The minimum atomic E-state index is -0.436. The molecule has 0 bridgehead atoms. The number of rotatable bonds is 5. The Morgan fingerprint density at radius 1 is 1.12 bits per heavy atom. The van der Waals surface area contributed by atoms with Gasteiger partial charge in [-0.15, -0.1) is 0 Å². The third-order valence-corrected chi connectivity index (χ3v) is 5.78. The summed E-state index contributed by atoms with van der Waals surface area (Å²) < 4.78 is 0. The summed E-state index contributed by atoms with van der Waals surface area (Å²) in [4.78, 5) is 14.4. The lowest BCUT2D eigenvalue weighted by molar-refractivity contribution is -0.118. The van der Waals surface area contributed by atoms with Crippen molar-refractivity contribution >= 4 is 35.3 Å². The molecule has 0 saturated heterocycles. The van der Waals surface area contributed by atoms with E-state index in [2.05, 4.69) is 5.32 Å². The van der Waals surface area contributed by atoms with Crippen LogP contribution in [0.15, 0.2) is 64.4 Å². The number of halogens is 1. The molecule has 0 spiro atoms. The number of amides is 1. The topological polar surface area (TPSA) is 49.3 Å². The molecule has 5 heteroatoms. The fourth-order valence-corrected chi connectivity index (χ4v) is 4.07. The molecule has 2 unspecified atom stereocenters. The van der Waals surface area contributed by atoms with Gasteiger partial charge in [-0.2, -0.15) is 0 Å². The molecule has 26 heavy (non-hydrogen) atoms. The standard InChI is InChI=1S/C21H22ClNO2S/c22-16-10-12-17(13-11-16)26-20-8-4-1-5-15(20)9-14-21(25)23-18-6-2-3-7-19(18)24/h1,4-5,8-14,18-19,24H,2-3,6-7H2,(H,23,25). The summed E-state index contributed by atoms with van der Waals surface area (Å²) >= 11 is 7.57. The Balaban J connectivity index is 1.66. The van der Waals surface area contributed by atoms with Crippen LogP contribution >= 0.6 is 23.4 Å². The first-order chi connectivity index (χ1) is 12.6. The summed E-state index contributed by atoms with van der Waals surface area (Å²) in [6, 6.07) is 15.5. The van der Waals surface area contributed by atoms with Gasteiger partial charge in [-0.1, -0.05) is 54.4 Å². The average Bonchev–Trinajstić information content (AvgIpc) is 2.65. The van der Waals surface area contributed by atoms with Gasteiger partial charge in [0, 0.05) is 20.9 Å². The van der Waals surface area contributed by atoms with Gasteiger partial charge in [-0.05, 0) is 54.8 Å². The van der Waals surface area contributed by atoms with Crippen LogP contribution in [0.1, 0.15) is 31.2 Å². The lowest BCUT2D eigenvalue weighted by atomic mass is 9.92. The molecule has 1 aliphatic rings. The number of nitrogens with one attached hydrogen (secondary N) is 1. The molecule has 136 valence electrons. The Labute approximate surface area is 163 Å². The van der Waals surface area contributed by atoms with Crippen molar-refractivity contribution in [3.8, 4) is 0 Å². The number of hydrogen-bond acceptors (Lipinski definition) is 3. The lowest BCUT2D eigenvalue weighted by Gasteiger charge is -2.27. The van der Waals surface area contributed by atoms with Crippen LogP contribution in [-0.2, 0) is 4.79 Å². The summed E-state index contributed by atoms with van der Waals surface area (Å²) in [6.45, 7) is 0. The Bertz CT molecular complexity index is 776. The number of hydrogen-bond donors (Lipinski definition) is 2. The normalized spacial score (nSPS) is 20.2. The monoisotopic (exact) mass is 387 g/mol. The first-order valence-electron chi connectivity index (χ1n) is 8.81. The number of carbonyl (C=O) groups is 1. The quantitative estimate of drug-likeness (QED) is 0.715. The summed E-state index contributed by atoms with van der Waals surface area (Å²) in [5, 5.41) is 13.6. The largest absolute Gasteiger partial charge is 0.391 e. The Hall–Kier alpha value is -1.75. The summed E-state index contributed by atoms with van der Waals surface area (Å²) in [6.07, 6.45) is 6.60. The molecular formula is C21H22ClNO2S. The maximum absolute atomic E-state index is 12.2. The van der Waals surface area contributed by atoms with Gasteiger partial charge in [0.1, 0.15) is 0 Å². The maximum Gasteiger partial charge on any atom is 0.244 e. The second-order valence-electron chi connectivity index (χ2n) is 6.39. The van der Waals surface area contributed by atoms with Crippen LogP contribution in [0.25, 0.3) is 6.08 Å². The molecule has 3 nitrogen and oxygen atoms in total. The van der Waals surface area contributed by atoms with E-state index < -0.39 is 6.10 Å². The van der Waals surface area contributed by atoms with Gasteiger partial charge in [-0.3, -0.25) is 4.79 Å². The maximum atomic E-state index is 12.2. The zero-order valence-electron chi connectivity index (χ0n) is 14.4. The van der Waals surface area contributed by atoms with Crippen LogP contribution in [-0.4, -0.2) is 23.2 Å². The number of carbonyl (C=O) groups excluding carboxylic acids is 1. The van der Waals surface area contributed by atoms with Crippen LogP contribution in [0, 0.1) is 0 Å². The molecule has 0 heterocycles. The highest BCUT2D eigenvalue weighted by molar-refractivity contribution is 7.99. The number of benzene rings is 2. The molecule has 2 N–H and O–H groups in total. The van der Waals surface area contributed by atoms with E-state index in [4.69, 9.17) is 11.6 Å². The van der Waals surface area contributed by atoms with E-state index in [1.807, 2.05) is 54.6 Å². The lowest BCUT2D eigenvalue weighted by Crippen LogP contribution is -2.44. The molecule has 0 aliphatic heterocycles. The predicted molar refractivity (Wildman–Crippen MR) is 107 cm³/mol. The zero-order chi connectivity index (χ0) is 18.4. The van der Waals surface area contributed by atoms with Gasteiger partial charge in [0.25, 0.3) is 0 Å². The highest BCUT2D eigenvalue weighted by Crippen LogP contribution is 2.31. The molecule has 1 aliphatic carbocycles. The number of aliphatic hydroxyl groups is 1. The van der Waals surface area contributed by atoms with Crippen LogP contribution in [0.4, 0.5) is 0 Å². The van der Waals surface area contributed by atoms with E-state index in [-0.39, 0.29) is 11.9 Å². The van der Waals surface area contributed by atoms with Gasteiger partial charge in [0.15, 0.2) is 0 Å². The van der Waals surface area contributed by atoms with Crippen LogP contribution in [0.2, 0.25) is 5.02 Å². The molecular weight excluding hydrogens is 366 g/mol. The Kier molecular flexibility index (Phi) is 6.78. The smallest absolute Gasteiger partial charge is 0.244 e. The van der Waals surface area contributed by atoms with E-state index in [1.165, 1.54) is 0 Å². The summed E-state index contributed by atoms with van der Waals surface area (Å²) in [5.74, 6) is -0.165. The molecule has 3 rings (SSSR count). The van der Waals surface area contributed by atoms with Gasteiger partial charge in [0.05, 0.1) is 12.1 Å². The van der Waals surface area contributed by atoms with Crippen LogP contribution in [0.5, 0.6) is 0 Å². The van der Waals surface area contributed by atoms with Gasteiger partial charge >= 0.3 is 0 Å². The van der Waals surface area contributed by atoms with Gasteiger partial charge in [-0.25, -0.2) is 0 Å². The molecule has 2 aromatic carbocycles. The molecule has 2 aromatic rings. The minimum absolute atomic E-state index is 0.139. The van der Waals surface area contributed by atoms with Crippen molar-refractivity contribution in [3.63, 3.8) is 0 Å². The third-order valence-electron chi connectivity index (χ3n) is 4.43. The predicted octanol–water partition coefficient (Wildman–Crippen LogP) is 4.92. The first-order valence-corrected chi connectivity index (χ1v) is 10.0. The highest BCUT2D eigenvalue weighted by Gasteiger charge is 2.23. The fraction of sp³-hybridized carbons (Fsp3) is 0.286. The van der Waals surface area contributed by atoms with Crippen molar-refractivity contribution in [1.82, 2.24) is 5.32 Å². The fourth-order valence-electron chi connectivity index (χ4n) is 3.02. The molecule has 1 saturated carbocycles. The molecule has 0 aromatic heterocycles. The number of aliphatic hydroxyl groups excluding tert-OH is 1. The third kappa shape index (κ3) is 5.37. The van der Waals surface area contributed by atoms with E-state index in [0.29, 0.717) is 5.02 Å². The van der Waals surface area contributed by atoms with Crippen molar-refractivity contribution in [3.05, 3.63) is 65.2 Å². The summed E-state index contributed by atoms with van der Waals surface area (Å²) in [5.41, 5.74) is 0.979. The first kappa shape index (κ1) is 19.0. The van der Waals surface area contributed by atoms with E-state index in [9.17, 15) is 9.90 Å². The van der Waals surface area contributed by atoms with Gasteiger partial charge < -0.3 is 10.4 Å². The van der Waals surface area contributed by atoms with Crippen molar-refractivity contribution in [2.45, 2.75) is 47.6 Å². The van der Waals surface area contributed by atoms with Crippen molar-refractivity contribution in [2.24, 2.45) is 0 Å². The SMILES string of the molecule is O=C(C=Cc1ccccc1Sc1ccc(Cl)cc1)NC1CCCCC1O. The Morgan fingerprint density at radius 2 is 1.85 bits per heavy atom. The summed E-state index contributed by atoms with van der Waals surface area (Å²) in [7, 11) is 0. The van der Waals surface area contributed by atoms with Crippen molar-refractivity contribution in [2.75, 3.05) is 0 Å². The second-order valence-corrected chi connectivity index (χ2v) is 7.95. The molecule has 1 fully saturated rings. The van der Waals surface area contributed by atoms with E-state index in [0.717, 1.165) is 41.0 Å². The van der Waals surface area contributed by atoms with Crippen molar-refractivity contribution in [1.29, 1.82) is 0 Å². The van der Waals surface area contributed by atoms with E-state index >= 15 is 0 Å². The van der Waals surface area contributed by atoms with Gasteiger partial charge in [0.2, 0.25) is 5.91 Å². The van der Waals surface area contributed by atoms with E-state index in [1.54, 1.807) is 17.8 Å². The minimum Gasteiger partial charge on any atom is -0.391 e. The molecule has 2 atom stereocenters. The zero-order valence-corrected chi connectivity index (χ0v) is 16.0. The average molecular weight is 388 g/mol. The molecule has 1 amide bonds. The molecule has 0 radical (unpaired) electrons. The van der Waals surface area contributed by atoms with Crippen LogP contribution in [0.3, 0.4) is 0 Å². The van der Waals surface area contributed by atoms with Crippen molar-refractivity contribution < 1.29 is 9.90 Å². The second kappa shape index (κ2) is 9.26. The van der Waals surface area contributed by atoms with Crippen LogP contribution < -0.4 is 5.32 Å². The Morgan fingerprint density at radius 3 is 2.62 bits per heavy atom.